The Labute approximate surface area is 192 Å². The number of para-hydroxylation sites is 1. The summed E-state index contributed by atoms with van der Waals surface area (Å²) >= 11 is 1.36. The molecule has 0 bridgehead atoms. The molecule has 1 N–H and O–H groups in total. The second kappa shape index (κ2) is 11.3. The zero-order chi connectivity index (χ0) is 22.9. The lowest BCUT2D eigenvalue weighted by Gasteiger charge is -2.09. The van der Waals surface area contributed by atoms with Crippen molar-refractivity contribution in [1.29, 1.82) is 0 Å². The van der Waals surface area contributed by atoms with Gasteiger partial charge in [-0.2, -0.15) is 0 Å². The van der Waals surface area contributed by atoms with Crippen molar-refractivity contribution in [3.05, 3.63) is 76.7 Å². The third kappa shape index (κ3) is 5.65. The summed E-state index contributed by atoms with van der Waals surface area (Å²) in [5, 5.41) is 3.34. The molecule has 1 heterocycles. The van der Waals surface area contributed by atoms with Gasteiger partial charge in [0, 0.05) is 22.1 Å². The number of thiophene rings is 1. The highest BCUT2D eigenvalue weighted by atomic mass is 32.1. The summed E-state index contributed by atoms with van der Waals surface area (Å²) in [5.74, 6) is -0.0565. The van der Waals surface area contributed by atoms with Gasteiger partial charge in [0.1, 0.15) is 16.3 Å². The van der Waals surface area contributed by atoms with Crippen LogP contribution in [0, 0.1) is 6.92 Å². The molecule has 3 aromatic rings. The van der Waals surface area contributed by atoms with Gasteiger partial charge in [-0.1, -0.05) is 55.5 Å². The number of aryl methyl sites for hydroxylation is 1. The molecule has 0 aliphatic carbocycles. The molecule has 166 valence electrons. The van der Waals surface area contributed by atoms with E-state index in [9.17, 15) is 9.59 Å². The third-order valence-corrected chi connectivity index (χ3v) is 5.68. The zero-order valence-electron chi connectivity index (χ0n) is 18.5. The standard InChI is InChI=1S/C26H27NO4S/c1-4-17-31-21-14-10-9-11-19(21)15-16-22(28)27-25-24(26(29)30-5-2)23(18(3)32-25)20-12-7-6-8-13-20/h6-16H,4-5,17H2,1-3H3,(H,27,28)/b16-15+. The maximum absolute atomic E-state index is 12.8. The Kier molecular flexibility index (Phi) is 8.22. The molecule has 0 saturated heterocycles. The third-order valence-electron chi connectivity index (χ3n) is 4.66. The van der Waals surface area contributed by atoms with E-state index in [1.54, 1.807) is 13.0 Å². The van der Waals surface area contributed by atoms with E-state index in [2.05, 4.69) is 5.32 Å². The van der Waals surface area contributed by atoms with Crippen LogP contribution in [0.15, 0.2) is 60.7 Å². The van der Waals surface area contributed by atoms with E-state index in [-0.39, 0.29) is 12.5 Å². The first-order chi connectivity index (χ1) is 15.5. The van der Waals surface area contributed by atoms with E-state index in [0.717, 1.165) is 33.7 Å². The van der Waals surface area contributed by atoms with Gasteiger partial charge in [-0.3, -0.25) is 4.79 Å². The summed E-state index contributed by atoms with van der Waals surface area (Å²) in [4.78, 5) is 26.4. The molecule has 5 nitrogen and oxygen atoms in total. The number of esters is 1. The largest absolute Gasteiger partial charge is 0.493 e. The van der Waals surface area contributed by atoms with E-state index < -0.39 is 5.97 Å². The van der Waals surface area contributed by atoms with Crippen LogP contribution in [0.25, 0.3) is 17.2 Å². The van der Waals surface area contributed by atoms with Crippen molar-refractivity contribution in [2.75, 3.05) is 18.5 Å². The van der Waals surface area contributed by atoms with Gasteiger partial charge in [0.25, 0.3) is 0 Å². The topological polar surface area (TPSA) is 64.6 Å². The predicted molar refractivity (Wildman–Crippen MR) is 130 cm³/mol. The monoisotopic (exact) mass is 449 g/mol. The number of carbonyl (C=O) groups is 2. The fraction of sp³-hybridized carbons (Fsp3) is 0.231. The summed E-state index contributed by atoms with van der Waals surface area (Å²) in [6.45, 7) is 6.60. The maximum atomic E-state index is 12.8. The van der Waals surface area contributed by atoms with Crippen LogP contribution >= 0.6 is 11.3 Å². The molecule has 0 unspecified atom stereocenters. The molecule has 0 aliphatic rings. The minimum atomic E-state index is -0.451. The Hall–Kier alpha value is -3.38. The molecule has 6 heteroatoms. The fourth-order valence-corrected chi connectivity index (χ4v) is 4.33. The van der Waals surface area contributed by atoms with E-state index in [4.69, 9.17) is 9.47 Å². The summed E-state index contributed by atoms with van der Waals surface area (Å²) in [7, 11) is 0. The van der Waals surface area contributed by atoms with E-state index >= 15 is 0 Å². The Morgan fingerprint density at radius 1 is 1.03 bits per heavy atom. The van der Waals surface area contributed by atoms with Crippen LogP contribution < -0.4 is 10.1 Å². The first-order valence-corrected chi connectivity index (χ1v) is 11.4. The van der Waals surface area contributed by atoms with Crippen LogP contribution in [0.1, 0.15) is 41.1 Å². The van der Waals surface area contributed by atoms with Crippen LogP contribution in [-0.2, 0) is 9.53 Å². The van der Waals surface area contributed by atoms with Crippen LogP contribution in [0.5, 0.6) is 5.75 Å². The lowest BCUT2D eigenvalue weighted by atomic mass is 10.0. The Morgan fingerprint density at radius 2 is 1.75 bits per heavy atom. The van der Waals surface area contributed by atoms with Gasteiger partial charge in [-0.05, 0) is 38.0 Å². The molecule has 0 atom stereocenters. The quantitative estimate of drug-likeness (QED) is 0.306. The van der Waals surface area contributed by atoms with E-state index in [1.165, 1.54) is 17.4 Å². The number of amides is 1. The van der Waals surface area contributed by atoms with Crippen molar-refractivity contribution in [3.8, 4) is 16.9 Å². The normalized spacial score (nSPS) is 10.8. The number of ether oxygens (including phenoxy) is 2. The molecular formula is C26H27NO4S. The lowest BCUT2D eigenvalue weighted by molar-refractivity contribution is -0.111. The Morgan fingerprint density at radius 3 is 2.47 bits per heavy atom. The summed E-state index contributed by atoms with van der Waals surface area (Å²) in [5.41, 5.74) is 2.89. The summed E-state index contributed by atoms with van der Waals surface area (Å²) < 4.78 is 11.0. The second-order valence-electron chi connectivity index (χ2n) is 7.03. The smallest absolute Gasteiger partial charge is 0.341 e. The van der Waals surface area contributed by atoms with Crippen molar-refractivity contribution in [2.24, 2.45) is 0 Å². The molecule has 1 aromatic heterocycles. The SMILES string of the molecule is CCCOc1ccccc1/C=C/C(=O)Nc1sc(C)c(-c2ccccc2)c1C(=O)OCC. The van der Waals surface area contributed by atoms with Crippen molar-refractivity contribution in [1.82, 2.24) is 0 Å². The number of rotatable bonds is 9. The first-order valence-electron chi connectivity index (χ1n) is 10.6. The van der Waals surface area contributed by atoms with E-state index in [0.29, 0.717) is 17.2 Å². The molecular weight excluding hydrogens is 422 g/mol. The van der Waals surface area contributed by atoms with Crippen molar-refractivity contribution in [3.63, 3.8) is 0 Å². The highest BCUT2D eigenvalue weighted by molar-refractivity contribution is 7.17. The summed E-state index contributed by atoms with van der Waals surface area (Å²) in [6.07, 6.45) is 4.06. The number of nitrogens with one attached hydrogen (secondary N) is 1. The fourth-order valence-electron chi connectivity index (χ4n) is 3.26. The van der Waals surface area contributed by atoms with Gasteiger partial charge in [0.05, 0.1) is 13.2 Å². The molecule has 0 fully saturated rings. The molecule has 32 heavy (non-hydrogen) atoms. The Balaban J connectivity index is 1.88. The second-order valence-corrected chi connectivity index (χ2v) is 8.26. The maximum Gasteiger partial charge on any atom is 0.341 e. The number of benzene rings is 2. The zero-order valence-corrected chi connectivity index (χ0v) is 19.3. The minimum Gasteiger partial charge on any atom is -0.493 e. The molecule has 0 radical (unpaired) electrons. The minimum absolute atomic E-state index is 0.254. The van der Waals surface area contributed by atoms with E-state index in [1.807, 2.05) is 68.4 Å². The molecule has 0 aliphatic heterocycles. The highest BCUT2D eigenvalue weighted by Gasteiger charge is 2.25. The highest BCUT2D eigenvalue weighted by Crippen LogP contribution is 2.40. The van der Waals surface area contributed by atoms with Crippen molar-refractivity contribution >= 4 is 34.3 Å². The predicted octanol–water partition coefficient (Wildman–Crippen LogP) is 6.34. The lowest BCUT2D eigenvalue weighted by Crippen LogP contribution is -2.12. The van der Waals surface area contributed by atoms with Crippen LogP contribution in [0.3, 0.4) is 0 Å². The van der Waals surface area contributed by atoms with Gasteiger partial charge in [-0.25, -0.2) is 4.79 Å². The van der Waals surface area contributed by atoms with Gasteiger partial charge < -0.3 is 14.8 Å². The number of hydrogen-bond donors (Lipinski definition) is 1. The van der Waals surface area contributed by atoms with Crippen LogP contribution in [0.2, 0.25) is 0 Å². The average molecular weight is 450 g/mol. The number of anilines is 1. The number of carbonyl (C=O) groups excluding carboxylic acids is 2. The number of hydrogen-bond acceptors (Lipinski definition) is 5. The molecule has 3 rings (SSSR count). The molecule has 2 aromatic carbocycles. The van der Waals surface area contributed by atoms with Crippen molar-refractivity contribution < 1.29 is 19.1 Å². The first kappa shape index (κ1) is 23.3. The van der Waals surface area contributed by atoms with Gasteiger partial charge in [0.15, 0.2) is 0 Å². The average Bonchev–Trinajstić information content (AvgIpc) is 3.13. The molecule has 0 spiro atoms. The summed E-state index contributed by atoms with van der Waals surface area (Å²) in [6, 6.07) is 17.2. The van der Waals surface area contributed by atoms with Gasteiger partial charge in [-0.15, -0.1) is 11.3 Å². The van der Waals surface area contributed by atoms with Gasteiger partial charge in [0.2, 0.25) is 5.91 Å². The van der Waals surface area contributed by atoms with Crippen LogP contribution in [0.4, 0.5) is 5.00 Å². The van der Waals surface area contributed by atoms with Gasteiger partial charge >= 0.3 is 5.97 Å². The molecule has 1 amide bonds. The molecule has 0 saturated carbocycles. The van der Waals surface area contributed by atoms with Crippen LogP contribution in [-0.4, -0.2) is 25.1 Å². The Bertz CT molecular complexity index is 1100. The van der Waals surface area contributed by atoms with Crippen molar-refractivity contribution in [2.45, 2.75) is 27.2 Å².